The molecule has 7 heteroatoms. The molecular formula is C20H22ClN3O3. The maximum absolute atomic E-state index is 12.6. The average molecular weight is 388 g/mol. The topological polar surface area (TPSA) is 87.3 Å². The molecule has 27 heavy (non-hydrogen) atoms. The van der Waals surface area contributed by atoms with Crippen LogP contribution in [0.2, 0.25) is 5.02 Å². The highest BCUT2D eigenvalue weighted by Crippen LogP contribution is 2.17. The molecule has 0 aromatic heterocycles. The summed E-state index contributed by atoms with van der Waals surface area (Å²) in [6.45, 7) is 5.11. The van der Waals surface area contributed by atoms with Gasteiger partial charge in [-0.05, 0) is 42.3 Å². The first-order chi connectivity index (χ1) is 12.8. The quantitative estimate of drug-likeness (QED) is 0.706. The standard InChI is InChI=1S/C20H22ClN3O3/c1-12(2)18(24-19(26)16-6-4-5-7-17(16)21)20(27)23-15-10-8-14(9-11-15)22-13(3)25/h4-12,18H,1-3H3,(H,22,25)(H,23,27)(H,24,26)/t18-/m0/s1. The fourth-order valence-corrected chi connectivity index (χ4v) is 2.68. The van der Waals surface area contributed by atoms with Crippen LogP contribution in [0.15, 0.2) is 48.5 Å². The first-order valence-electron chi connectivity index (χ1n) is 8.52. The van der Waals surface area contributed by atoms with Gasteiger partial charge in [-0.2, -0.15) is 0 Å². The lowest BCUT2D eigenvalue weighted by molar-refractivity contribution is -0.119. The summed E-state index contributed by atoms with van der Waals surface area (Å²) >= 11 is 6.05. The third-order valence-corrected chi connectivity index (χ3v) is 4.16. The summed E-state index contributed by atoms with van der Waals surface area (Å²) in [6, 6.07) is 12.7. The van der Waals surface area contributed by atoms with Gasteiger partial charge in [-0.15, -0.1) is 0 Å². The predicted molar refractivity (Wildman–Crippen MR) is 107 cm³/mol. The Morgan fingerprint density at radius 2 is 1.44 bits per heavy atom. The lowest BCUT2D eigenvalue weighted by Gasteiger charge is -2.22. The smallest absolute Gasteiger partial charge is 0.253 e. The van der Waals surface area contributed by atoms with Crippen LogP contribution in [0, 0.1) is 5.92 Å². The van der Waals surface area contributed by atoms with E-state index in [2.05, 4.69) is 16.0 Å². The average Bonchev–Trinajstić information content (AvgIpc) is 2.60. The Morgan fingerprint density at radius 3 is 1.96 bits per heavy atom. The van der Waals surface area contributed by atoms with Crippen molar-refractivity contribution in [2.24, 2.45) is 5.92 Å². The second-order valence-electron chi connectivity index (χ2n) is 6.42. The first-order valence-corrected chi connectivity index (χ1v) is 8.89. The van der Waals surface area contributed by atoms with Crippen LogP contribution in [0.3, 0.4) is 0 Å². The summed E-state index contributed by atoms with van der Waals surface area (Å²) in [6.07, 6.45) is 0. The predicted octanol–water partition coefficient (Wildman–Crippen LogP) is 3.69. The van der Waals surface area contributed by atoms with Crippen LogP contribution in [-0.4, -0.2) is 23.8 Å². The minimum atomic E-state index is -0.733. The maximum atomic E-state index is 12.6. The van der Waals surface area contributed by atoms with Gasteiger partial charge in [0.25, 0.3) is 5.91 Å². The summed E-state index contributed by atoms with van der Waals surface area (Å²) in [7, 11) is 0. The van der Waals surface area contributed by atoms with Gasteiger partial charge in [-0.25, -0.2) is 0 Å². The number of carbonyl (C=O) groups excluding carboxylic acids is 3. The molecule has 0 unspecified atom stereocenters. The van der Waals surface area contributed by atoms with E-state index >= 15 is 0 Å². The number of rotatable bonds is 6. The van der Waals surface area contributed by atoms with Crippen molar-refractivity contribution < 1.29 is 14.4 Å². The van der Waals surface area contributed by atoms with Crippen molar-refractivity contribution in [3.8, 4) is 0 Å². The van der Waals surface area contributed by atoms with E-state index in [1.165, 1.54) is 6.92 Å². The normalized spacial score (nSPS) is 11.6. The van der Waals surface area contributed by atoms with Gasteiger partial charge in [-0.1, -0.05) is 37.6 Å². The first kappa shape index (κ1) is 20.5. The van der Waals surface area contributed by atoms with Crippen molar-refractivity contribution in [3.05, 3.63) is 59.1 Å². The van der Waals surface area contributed by atoms with Crippen LogP contribution >= 0.6 is 11.6 Å². The van der Waals surface area contributed by atoms with Crippen LogP contribution in [0.1, 0.15) is 31.1 Å². The molecule has 2 aromatic rings. The molecule has 0 aliphatic heterocycles. The van der Waals surface area contributed by atoms with E-state index in [4.69, 9.17) is 11.6 Å². The summed E-state index contributed by atoms with van der Waals surface area (Å²) in [5, 5.41) is 8.49. The third kappa shape index (κ3) is 5.82. The van der Waals surface area contributed by atoms with Crippen LogP contribution in [0.4, 0.5) is 11.4 Å². The molecule has 0 aliphatic rings. The molecule has 3 N–H and O–H groups in total. The van der Waals surface area contributed by atoms with Crippen LogP contribution in [0.5, 0.6) is 0 Å². The number of hydrogen-bond donors (Lipinski definition) is 3. The van der Waals surface area contributed by atoms with Crippen LogP contribution in [-0.2, 0) is 9.59 Å². The van der Waals surface area contributed by atoms with Crippen molar-refractivity contribution in [3.63, 3.8) is 0 Å². The lowest BCUT2D eigenvalue weighted by atomic mass is 10.0. The maximum Gasteiger partial charge on any atom is 0.253 e. The minimum absolute atomic E-state index is 0.130. The molecule has 142 valence electrons. The number of nitrogens with one attached hydrogen (secondary N) is 3. The Bertz CT molecular complexity index is 835. The molecule has 2 rings (SSSR count). The molecule has 0 fully saturated rings. The van der Waals surface area contributed by atoms with Crippen LogP contribution in [0.25, 0.3) is 0 Å². The Morgan fingerprint density at radius 1 is 0.889 bits per heavy atom. The van der Waals surface area contributed by atoms with Gasteiger partial charge in [0.05, 0.1) is 10.6 Å². The van der Waals surface area contributed by atoms with E-state index in [0.717, 1.165) is 0 Å². The Hall–Kier alpha value is -2.86. The number of amides is 3. The minimum Gasteiger partial charge on any atom is -0.340 e. The van der Waals surface area contributed by atoms with Crippen molar-refractivity contribution >= 4 is 40.7 Å². The Labute approximate surface area is 163 Å². The molecule has 6 nitrogen and oxygen atoms in total. The molecular weight excluding hydrogens is 366 g/mol. The van der Waals surface area contributed by atoms with E-state index in [9.17, 15) is 14.4 Å². The van der Waals surface area contributed by atoms with Crippen LogP contribution < -0.4 is 16.0 Å². The van der Waals surface area contributed by atoms with E-state index in [1.807, 2.05) is 13.8 Å². The zero-order valence-corrected chi connectivity index (χ0v) is 16.1. The summed E-state index contributed by atoms with van der Waals surface area (Å²) < 4.78 is 0. The van der Waals surface area contributed by atoms with Gasteiger partial charge in [0.1, 0.15) is 6.04 Å². The number of benzene rings is 2. The summed E-state index contributed by atoms with van der Waals surface area (Å²) in [4.78, 5) is 36.2. The molecule has 0 saturated heterocycles. The SMILES string of the molecule is CC(=O)Nc1ccc(NC(=O)[C@@H](NC(=O)c2ccccc2Cl)C(C)C)cc1. The molecule has 0 aliphatic carbocycles. The van der Waals surface area contributed by atoms with Gasteiger partial charge < -0.3 is 16.0 Å². The fourth-order valence-electron chi connectivity index (χ4n) is 2.46. The van der Waals surface area contributed by atoms with Gasteiger partial charge >= 0.3 is 0 Å². The molecule has 0 saturated carbocycles. The zero-order chi connectivity index (χ0) is 20.0. The largest absolute Gasteiger partial charge is 0.340 e. The molecule has 0 heterocycles. The van der Waals surface area contributed by atoms with Crippen molar-refractivity contribution in [1.29, 1.82) is 0 Å². The summed E-state index contributed by atoms with van der Waals surface area (Å²) in [5.41, 5.74) is 1.51. The Kier molecular flexibility index (Phi) is 6.96. The van der Waals surface area contributed by atoms with Crippen molar-refractivity contribution in [1.82, 2.24) is 5.32 Å². The molecule has 0 bridgehead atoms. The Balaban J connectivity index is 2.07. The zero-order valence-electron chi connectivity index (χ0n) is 15.4. The highest BCUT2D eigenvalue weighted by Gasteiger charge is 2.25. The highest BCUT2D eigenvalue weighted by molar-refractivity contribution is 6.33. The second-order valence-corrected chi connectivity index (χ2v) is 6.83. The summed E-state index contributed by atoms with van der Waals surface area (Å²) in [5.74, 6) is -1.04. The van der Waals surface area contributed by atoms with Crippen molar-refractivity contribution in [2.45, 2.75) is 26.8 Å². The number of hydrogen-bond acceptors (Lipinski definition) is 3. The van der Waals surface area contributed by atoms with Gasteiger partial charge in [0.15, 0.2) is 0 Å². The van der Waals surface area contributed by atoms with Gasteiger partial charge in [0, 0.05) is 18.3 Å². The van der Waals surface area contributed by atoms with E-state index in [-0.39, 0.29) is 17.7 Å². The molecule has 3 amide bonds. The second kappa shape index (κ2) is 9.19. The molecule has 0 spiro atoms. The van der Waals surface area contributed by atoms with Gasteiger partial charge in [-0.3, -0.25) is 14.4 Å². The van der Waals surface area contributed by atoms with E-state index < -0.39 is 11.9 Å². The van der Waals surface area contributed by atoms with Crippen molar-refractivity contribution in [2.75, 3.05) is 10.6 Å². The molecule has 1 atom stereocenters. The highest BCUT2D eigenvalue weighted by atomic mass is 35.5. The molecule has 0 radical (unpaired) electrons. The number of halogens is 1. The number of carbonyl (C=O) groups is 3. The van der Waals surface area contributed by atoms with E-state index in [0.29, 0.717) is 22.0 Å². The monoisotopic (exact) mass is 387 g/mol. The number of anilines is 2. The lowest BCUT2D eigenvalue weighted by Crippen LogP contribution is -2.47. The fraction of sp³-hybridized carbons (Fsp3) is 0.250. The van der Waals surface area contributed by atoms with Gasteiger partial charge in [0.2, 0.25) is 11.8 Å². The van der Waals surface area contributed by atoms with E-state index in [1.54, 1.807) is 48.5 Å². The third-order valence-electron chi connectivity index (χ3n) is 3.83. The molecule has 2 aromatic carbocycles.